The first-order chi connectivity index (χ1) is 9.63. The Labute approximate surface area is 128 Å². The van der Waals surface area contributed by atoms with Gasteiger partial charge < -0.3 is 5.73 Å². The molecule has 0 radical (unpaired) electrons. The Hall–Kier alpha value is -1.69. The van der Waals surface area contributed by atoms with Gasteiger partial charge in [0, 0.05) is 16.5 Å². The summed E-state index contributed by atoms with van der Waals surface area (Å²) in [5.74, 6) is -0.436. The number of amides is 1. The lowest BCUT2D eigenvalue weighted by Crippen LogP contribution is -2.10. The number of hydrogen-bond acceptors (Lipinski definition) is 4. The standard InChI is InChI=1S/C14H9ClN2OS2/c15-12-5-4-11(20-12)10-7-19-14(17-10)9-3-1-2-8(6-9)13(16)18/h1-7H,(H2,16,18). The third-order valence-corrected chi connectivity index (χ3v) is 4.87. The van der Waals surface area contributed by atoms with Gasteiger partial charge in [-0.3, -0.25) is 4.79 Å². The van der Waals surface area contributed by atoms with Crippen LogP contribution >= 0.6 is 34.3 Å². The summed E-state index contributed by atoms with van der Waals surface area (Å²) in [4.78, 5) is 16.8. The molecular formula is C14H9ClN2OS2. The van der Waals surface area contributed by atoms with Gasteiger partial charge in [-0.1, -0.05) is 23.7 Å². The van der Waals surface area contributed by atoms with Gasteiger partial charge in [-0.15, -0.1) is 22.7 Å². The number of thiophene rings is 1. The molecule has 0 bridgehead atoms. The van der Waals surface area contributed by atoms with Crippen molar-refractivity contribution >= 4 is 40.2 Å². The number of thiazole rings is 1. The molecule has 0 saturated carbocycles. The molecule has 0 atom stereocenters. The largest absolute Gasteiger partial charge is 0.366 e. The van der Waals surface area contributed by atoms with Gasteiger partial charge in [0.25, 0.3) is 0 Å². The van der Waals surface area contributed by atoms with Crippen molar-refractivity contribution in [3.8, 4) is 21.1 Å². The summed E-state index contributed by atoms with van der Waals surface area (Å²) in [6, 6.07) is 11.0. The van der Waals surface area contributed by atoms with Gasteiger partial charge in [-0.25, -0.2) is 4.98 Å². The number of aromatic nitrogens is 1. The maximum absolute atomic E-state index is 11.2. The molecule has 0 fully saturated rings. The molecule has 1 aromatic carbocycles. The van der Waals surface area contributed by atoms with E-state index in [2.05, 4.69) is 4.98 Å². The van der Waals surface area contributed by atoms with Crippen molar-refractivity contribution in [2.45, 2.75) is 0 Å². The van der Waals surface area contributed by atoms with Crippen molar-refractivity contribution in [1.29, 1.82) is 0 Å². The zero-order valence-electron chi connectivity index (χ0n) is 10.2. The second kappa shape index (κ2) is 5.36. The maximum Gasteiger partial charge on any atom is 0.248 e. The van der Waals surface area contributed by atoms with Gasteiger partial charge in [0.05, 0.1) is 14.9 Å². The normalized spacial score (nSPS) is 10.7. The molecule has 3 nitrogen and oxygen atoms in total. The topological polar surface area (TPSA) is 56.0 Å². The Morgan fingerprint density at radius 2 is 2.10 bits per heavy atom. The fourth-order valence-corrected chi connectivity index (χ4v) is 3.67. The van der Waals surface area contributed by atoms with E-state index in [1.165, 1.54) is 22.7 Å². The van der Waals surface area contributed by atoms with Crippen LogP contribution in [0.2, 0.25) is 4.34 Å². The van der Waals surface area contributed by atoms with Crippen molar-refractivity contribution < 1.29 is 4.79 Å². The third-order valence-electron chi connectivity index (χ3n) is 2.72. The molecule has 2 N–H and O–H groups in total. The Balaban J connectivity index is 1.98. The van der Waals surface area contributed by atoms with Gasteiger partial charge in [0.1, 0.15) is 5.01 Å². The van der Waals surface area contributed by atoms with Gasteiger partial charge >= 0.3 is 0 Å². The summed E-state index contributed by atoms with van der Waals surface area (Å²) in [5.41, 5.74) is 7.56. The lowest BCUT2D eigenvalue weighted by Gasteiger charge is -1.99. The Bertz CT molecular complexity index is 779. The van der Waals surface area contributed by atoms with Crippen LogP contribution in [0.1, 0.15) is 10.4 Å². The lowest BCUT2D eigenvalue weighted by molar-refractivity contribution is 0.100. The highest BCUT2D eigenvalue weighted by Crippen LogP contribution is 2.34. The summed E-state index contributed by atoms with van der Waals surface area (Å²) >= 11 is 8.95. The number of rotatable bonds is 3. The molecule has 3 aromatic rings. The second-order valence-corrected chi connectivity index (χ2v) is 6.66. The number of nitrogens with zero attached hydrogens (tertiary/aromatic N) is 1. The summed E-state index contributed by atoms with van der Waals surface area (Å²) < 4.78 is 0.741. The van der Waals surface area contributed by atoms with E-state index in [0.29, 0.717) is 5.56 Å². The minimum absolute atomic E-state index is 0.436. The molecule has 1 amide bonds. The van der Waals surface area contributed by atoms with Crippen LogP contribution in [0.3, 0.4) is 0 Å². The number of primary amides is 1. The Morgan fingerprint density at radius 3 is 2.80 bits per heavy atom. The van der Waals surface area contributed by atoms with Gasteiger partial charge in [-0.05, 0) is 24.3 Å². The molecule has 0 aliphatic rings. The van der Waals surface area contributed by atoms with E-state index >= 15 is 0 Å². The van der Waals surface area contributed by atoms with Crippen LogP contribution in [0.4, 0.5) is 0 Å². The second-order valence-electron chi connectivity index (χ2n) is 4.09. The maximum atomic E-state index is 11.2. The molecule has 3 rings (SSSR count). The average molecular weight is 321 g/mol. The fourth-order valence-electron chi connectivity index (χ4n) is 1.78. The third kappa shape index (κ3) is 2.60. The molecule has 0 aliphatic heterocycles. The minimum atomic E-state index is -0.436. The molecule has 0 unspecified atom stereocenters. The number of carbonyl (C=O) groups excluding carboxylic acids is 1. The highest BCUT2D eigenvalue weighted by molar-refractivity contribution is 7.20. The Kier molecular flexibility index (Phi) is 3.56. The molecule has 6 heteroatoms. The summed E-state index contributed by atoms with van der Waals surface area (Å²) in [7, 11) is 0. The van der Waals surface area contributed by atoms with E-state index < -0.39 is 5.91 Å². The number of carbonyl (C=O) groups is 1. The molecule has 0 aliphatic carbocycles. The molecule has 2 aromatic heterocycles. The first-order valence-electron chi connectivity index (χ1n) is 5.75. The van der Waals surface area contributed by atoms with Gasteiger partial charge in [0.15, 0.2) is 0 Å². The van der Waals surface area contributed by atoms with Crippen LogP contribution in [0.15, 0.2) is 41.8 Å². The van der Waals surface area contributed by atoms with Crippen LogP contribution in [-0.2, 0) is 0 Å². The van der Waals surface area contributed by atoms with E-state index in [-0.39, 0.29) is 0 Å². The first-order valence-corrected chi connectivity index (χ1v) is 7.82. The molecule has 100 valence electrons. The van der Waals surface area contributed by atoms with E-state index in [1.54, 1.807) is 18.2 Å². The lowest BCUT2D eigenvalue weighted by atomic mass is 10.1. The van der Waals surface area contributed by atoms with E-state index in [4.69, 9.17) is 17.3 Å². The van der Waals surface area contributed by atoms with E-state index in [1.807, 2.05) is 23.6 Å². The SMILES string of the molecule is NC(=O)c1cccc(-c2nc(-c3ccc(Cl)s3)cs2)c1. The van der Waals surface area contributed by atoms with Crippen molar-refractivity contribution in [1.82, 2.24) is 4.98 Å². The van der Waals surface area contributed by atoms with Gasteiger partial charge in [-0.2, -0.15) is 0 Å². The first kappa shape index (κ1) is 13.3. The zero-order chi connectivity index (χ0) is 14.1. The van der Waals surface area contributed by atoms with Gasteiger partial charge in [0.2, 0.25) is 5.91 Å². The average Bonchev–Trinajstić information content (AvgIpc) is 3.07. The predicted octanol–water partition coefficient (Wildman–Crippen LogP) is 4.29. The number of hydrogen-bond donors (Lipinski definition) is 1. The number of benzene rings is 1. The highest BCUT2D eigenvalue weighted by atomic mass is 35.5. The fraction of sp³-hybridized carbons (Fsp3) is 0. The highest BCUT2D eigenvalue weighted by Gasteiger charge is 2.10. The summed E-state index contributed by atoms with van der Waals surface area (Å²) in [6.07, 6.45) is 0. The predicted molar refractivity (Wildman–Crippen MR) is 84.4 cm³/mol. The van der Waals surface area contributed by atoms with Crippen molar-refractivity contribution in [3.05, 3.63) is 51.7 Å². The van der Waals surface area contributed by atoms with Crippen molar-refractivity contribution in [2.24, 2.45) is 5.73 Å². The molecule has 0 saturated heterocycles. The quantitative estimate of drug-likeness (QED) is 0.782. The molecule has 20 heavy (non-hydrogen) atoms. The van der Waals surface area contributed by atoms with Crippen LogP contribution in [-0.4, -0.2) is 10.9 Å². The van der Waals surface area contributed by atoms with Crippen LogP contribution in [0, 0.1) is 0 Å². The van der Waals surface area contributed by atoms with E-state index in [0.717, 1.165) is 25.5 Å². The van der Waals surface area contributed by atoms with E-state index in [9.17, 15) is 4.79 Å². The van der Waals surface area contributed by atoms with Crippen LogP contribution in [0.5, 0.6) is 0 Å². The smallest absolute Gasteiger partial charge is 0.248 e. The number of halogens is 1. The van der Waals surface area contributed by atoms with Crippen molar-refractivity contribution in [2.75, 3.05) is 0 Å². The van der Waals surface area contributed by atoms with Crippen LogP contribution < -0.4 is 5.73 Å². The molecule has 0 spiro atoms. The molecular weight excluding hydrogens is 312 g/mol. The number of nitrogens with two attached hydrogens (primary N) is 1. The Morgan fingerprint density at radius 1 is 1.25 bits per heavy atom. The van der Waals surface area contributed by atoms with Crippen molar-refractivity contribution in [3.63, 3.8) is 0 Å². The summed E-state index contributed by atoms with van der Waals surface area (Å²) in [6.45, 7) is 0. The summed E-state index contributed by atoms with van der Waals surface area (Å²) in [5, 5.41) is 2.83. The minimum Gasteiger partial charge on any atom is -0.366 e. The zero-order valence-corrected chi connectivity index (χ0v) is 12.6. The monoisotopic (exact) mass is 320 g/mol. The molecule has 2 heterocycles. The van der Waals surface area contributed by atoms with Crippen LogP contribution in [0.25, 0.3) is 21.1 Å².